The standard InChI is InChI=1S/C18H9Cl2N3O5/c19-9-1-3-12(20)11(7-9)18-22-13-8-10(2-4-14(13)28-18)21-17(24)15-5-6-16(27-15)23(25)26/h1-8H,(H,21,24). The molecule has 0 bridgehead atoms. The fourth-order valence-electron chi connectivity index (χ4n) is 2.52. The van der Waals surface area contributed by atoms with Crippen LogP contribution in [0.4, 0.5) is 11.6 Å². The van der Waals surface area contributed by atoms with E-state index < -0.39 is 16.7 Å². The molecule has 0 saturated heterocycles. The Kier molecular flexibility index (Phi) is 4.50. The van der Waals surface area contributed by atoms with Gasteiger partial charge in [-0.3, -0.25) is 14.9 Å². The number of anilines is 1. The molecule has 4 aromatic rings. The van der Waals surface area contributed by atoms with E-state index >= 15 is 0 Å². The van der Waals surface area contributed by atoms with Gasteiger partial charge in [0.15, 0.2) is 11.3 Å². The highest BCUT2D eigenvalue weighted by atomic mass is 35.5. The van der Waals surface area contributed by atoms with E-state index in [1.165, 1.54) is 6.07 Å². The lowest BCUT2D eigenvalue weighted by molar-refractivity contribution is -0.402. The Bertz CT molecular complexity index is 1230. The summed E-state index contributed by atoms with van der Waals surface area (Å²) in [6.07, 6.45) is 0. The Morgan fingerprint density at radius 2 is 1.89 bits per heavy atom. The Hall–Kier alpha value is -3.36. The van der Waals surface area contributed by atoms with Gasteiger partial charge < -0.3 is 14.2 Å². The van der Waals surface area contributed by atoms with Crippen molar-refractivity contribution in [2.45, 2.75) is 0 Å². The van der Waals surface area contributed by atoms with Crippen LogP contribution in [0.25, 0.3) is 22.6 Å². The van der Waals surface area contributed by atoms with Crippen molar-refractivity contribution in [3.05, 3.63) is 74.5 Å². The van der Waals surface area contributed by atoms with Crippen molar-refractivity contribution in [3.63, 3.8) is 0 Å². The zero-order valence-electron chi connectivity index (χ0n) is 13.8. The number of nitro groups is 1. The van der Waals surface area contributed by atoms with Crippen LogP contribution in [0.3, 0.4) is 0 Å². The molecule has 0 saturated carbocycles. The number of amides is 1. The third-order valence-corrected chi connectivity index (χ3v) is 4.36. The van der Waals surface area contributed by atoms with Crippen molar-refractivity contribution in [1.82, 2.24) is 4.98 Å². The lowest BCUT2D eigenvalue weighted by Gasteiger charge is -2.01. The number of carbonyl (C=O) groups excluding carboxylic acids is 1. The fourth-order valence-corrected chi connectivity index (χ4v) is 2.89. The van der Waals surface area contributed by atoms with Crippen LogP contribution in [0.1, 0.15) is 10.6 Å². The zero-order valence-corrected chi connectivity index (χ0v) is 15.3. The molecule has 0 aliphatic rings. The van der Waals surface area contributed by atoms with Crippen molar-refractivity contribution in [2.24, 2.45) is 0 Å². The molecule has 2 aromatic heterocycles. The van der Waals surface area contributed by atoms with Crippen LogP contribution in [0.15, 0.2) is 57.4 Å². The van der Waals surface area contributed by atoms with Gasteiger partial charge in [0.25, 0.3) is 5.91 Å². The number of nitrogens with zero attached hydrogens (tertiary/aromatic N) is 2. The Morgan fingerprint density at radius 1 is 1.07 bits per heavy atom. The molecule has 0 spiro atoms. The van der Waals surface area contributed by atoms with Gasteiger partial charge in [-0.1, -0.05) is 23.2 Å². The van der Waals surface area contributed by atoms with Gasteiger partial charge in [-0.2, -0.15) is 0 Å². The number of fused-ring (bicyclic) bond motifs is 1. The Morgan fingerprint density at radius 3 is 2.64 bits per heavy atom. The van der Waals surface area contributed by atoms with Crippen LogP contribution >= 0.6 is 23.2 Å². The molecular weight excluding hydrogens is 409 g/mol. The van der Waals surface area contributed by atoms with Crippen LogP contribution in [-0.4, -0.2) is 15.8 Å². The number of benzene rings is 2. The predicted octanol–water partition coefficient (Wildman–Crippen LogP) is 5.56. The first kappa shape index (κ1) is 18.0. The molecule has 140 valence electrons. The van der Waals surface area contributed by atoms with E-state index in [1.807, 2.05) is 0 Å². The number of oxazole rings is 1. The third kappa shape index (κ3) is 3.42. The SMILES string of the molecule is O=C(Nc1ccc2oc(-c3cc(Cl)ccc3Cl)nc2c1)c1ccc([N+](=O)[O-])o1. The van der Waals surface area contributed by atoms with Gasteiger partial charge >= 0.3 is 5.88 Å². The number of halogens is 2. The van der Waals surface area contributed by atoms with Gasteiger partial charge in [0, 0.05) is 10.7 Å². The van der Waals surface area contributed by atoms with Gasteiger partial charge in [-0.15, -0.1) is 0 Å². The summed E-state index contributed by atoms with van der Waals surface area (Å²) in [6, 6.07) is 12.1. The van der Waals surface area contributed by atoms with Crippen molar-refractivity contribution in [3.8, 4) is 11.5 Å². The number of hydrogen-bond acceptors (Lipinski definition) is 6. The highest BCUT2D eigenvalue weighted by Crippen LogP contribution is 2.33. The number of furan rings is 1. The topological polar surface area (TPSA) is 111 Å². The van der Waals surface area contributed by atoms with E-state index in [4.69, 9.17) is 32.0 Å². The molecular formula is C18H9Cl2N3O5. The highest BCUT2D eigenvalue weighted by Gasteiger charge is 2.18. The van der Waals surface area contributed by atoms with E-state index in [-0.39, 0.29) is 11.7 Å². The molecule has 28 heavy (non-hydrogen) atoms. The summed E-state index contributed by atoms with van der Waals surface area (Å²) in [7, 11) is 0. The van der Waals surface area contributed by atoms with Crippen LogP contribution in [0, 0.1) is 10.1 Å². The number of carbonyl (C=O) groups is 1. The van der Waals surface area contributed by atoms with E-state index in [2.05, 4.69) is 10.3 Å². The van der Waals surface area contributed by atoms with E-state index in [1.54, 1.807) is 36.4 Å². The number of nitrogens with one attached hydrogen (secondary N) is 1. The molecule has 0 atom stereocenters. The molecule has 0 radical (unpaired) electrons. The monoisotopic (exact) mass is 417 g/mol. The van der Waals surface area contributed by atoms with Gasteiger partial charge in [-0.05, 0) is 42.5 Å². The summed E-state index contributed by atoms with van der Waals surface area (Å²) in [6.45, 7) is 0. The second-order valence-electron chi connectivity index (χ2n) is 5.67. The first-order chi connectivity index (χ1) is 13.4. The van der Waals surface area contributed by atoms with E-state index in [9.17, 15) is 14.9 Å². The van der Waals surface area contributed by atoms with Crippen LogP contribution in [0.5, 0.6) is 0 Å². The minimum atomic E-state index is -0.722. The fraction of sp³-hybridized carbons (Fsp3) is 0. The highest BCUT2D eigenvalue weighted by molar-refractivity contribution is 6.35. The molecule has 10 heteroatoms. The molecule has 0 aliphatic carbocycles. The van der Waals surface area contributed by atoms with Crippen LogP contribution < -0.4 is 5.32 Å². The lowest BCUT2D eigenvalue weighted by Crippen LogP contribution is -2.10. The first-order valence-electron chi connectivity index (χ1n) is 7.82. The lowest BCUT2D eigenvalue weighted by atomic mass is 10.2. The van der Waals surface area contributed by atoms with Crippen LogP contribution in [-0.2, 0) is 0 Å². The van der Waals surface area contributed by atoms with Crippen LogP contribution in [0.2, 0.25) is 10.0 Å². The molecule has 0 fully saturated rings. The van der Waals surface area contributed by atoms with Crippen molar-refractivity contribution >= 4 is 51.8 Å². The summed E-state index contributed by atoms with van der Waals surface area (Å²) in [5.41, 5.74) is 1.92. The quantitative estimate of drug-likeness (QED) is 0.343. The average Bonchev–Trinajstić information content (AvgIpc) is 3.30. The van der Waals surface area contributed by atoms with Crippen molar-refractivity contribution in [1.29, 1.82) is 0 Å². The number of aromatic nitrogens is 1. The van der Waals surface area contributed by atoms with E-state index in [0.717, 1.165) is 6.07 Å². The molecule has 4 rings (SSSR count). The summed E-state index contributed by atoms with van der Waals surface area (Å²) in [4.78, 5) is 26.5. The Balaban J connectivity index is 1.62. The normalized spacial score (nSPS) is 10.9. The van der Waals surface area contributed by atoms with Gasteiger partial charge in [0.1, 0.15) is 10.4 Å². The molecule has 2 heterocycles. The maximum absolute atomic E-state index is 12.2. The molecule has 1 amide bonds. The summed E-state index contributed by atoms with van der Waals surface area (Å²) >= 11 is 12.2. The minimum absolute atomic E-state index is 0.182. The van der Waals surface area contributed by atoms with E-state index in [0.29, 0.717) is 32.4 Å². The second kappa shape index (κ2) is 6.99. The maximum Gasteiger partial charge on any atom is 0.433 e. The molecule has 8 nitrogen and oxygen atoms in total. The summed E-state index contributed by atoms with van der Waals surface area (Å²) < 4.78 is 10.6. The largest absolute Gasteiger partial charge is 0.436 e. The molecule has 0 aliphatic heterocycles. The molecule has 0 unspecified atom stereocenters. The Labute approximate surface area is 166 Å². The number of hydrogen-bond donors (Lipinski definition) is 1. The maximum atomic E-state index is 12.2. The molecule has 1 N–H and O–H groups in total. The second-order valence-corrected chi connectivity index (χ2v) is 6.52. The average molecular weight is 418 g/mol. The van der Waals surface area contributed by atoms with Crippen molar-refractivity contribution < 1.29 is 18.6 Å². The van der Waals surface area contributed by atoms with Gasteiger partial charge in [-0.25, -0.2) is 4.98 Å². The summed E-state index contributed by atoms with van der Waals surface area (Å²) in [5, 5.41) is 14.2. The minimum Gasteiger partial charge on any atom is -0.436 e. The van der Waals surface area contributed by atoms with Crippen molar-refractivity contribution in [2.75, 3.05) is 5.32 Å². The first-order valence-corrected chi connectivity index (χ1v) is 8.58. The number of rotatable bonds is 4. The zero-order chi connectivity index (χ0) is 19.8. The third-order valence-electron chi connectivity index (χ3n) is 3.80. The van der Waals surface area contributed by atoms with Gasteiger partial charge in [0.2, 0.25) is 5.89 Å². The molecule has 2 aromatic carbocycles. The predicted molar refractivity (Wildman–Crippen MR) is 103 cm³/mol. The van der Waals surface area contributed by atoms with Gasteiger partial charge in [0.05, 0.1) is 16.7 Å². The smallest absolute Gasteiger partial charge is 0.433 e. The summed E-state index contributed by atoms with van der Waals surface area (Å²) in [5.74, 6) is -1.04.